The Morgan fingerprint density at radius 2 is 1.82 bits per heavy atom. The molecule has 0 fully saturated rings. The number of nitrogens with one attached hydrogen (secondary N) is 1. The van der Waals surface area contributed by atoms with E-state index in [0.29, 0.717) is 54.8 Å². The number of anilines is 3. The maximum absolute atomic E-state index is 12.5. The second kappa shape index (κ2) is 12.0. The zero-order valence-electron chi connectivity index (χ0n) is 18.6. The summed E-state index contributed by atoms with van der Waals surface area (Å²) >= 11 is 0. The van der Waals surface area contributed by atoms with Gasteiger partial charge in [0.25, 0.3) is 5.91 Å². The first-order valence-electron chi connectivity index (χ1n) is 10.4. The smallest absolute Gasteiger partial charge is 0.326 e. The minimum Gasteiger partial charge on any atom is -0.480 e. The normalized spacial score (nSPS) is 11.5. The van der Waals surface area contributed by atoms with Crippen LogP contribution in [0.4, 0.5) is 17.5 Å². The molecule has 13 heteroatoms. The van der Waals surface area contributed by atoms with E-state index in [1.54, 1.807) is 30.5 Å². The fraction of sp³-hybridized carbons (Fsp3) is 0.333. The molecule has 0 radical (unpaired) electrons. The quantitative estimate of drug-likeness (QED) is 0.233. The summed E-state index contributed by atoms with van der Waals surface area (Å²) in [5, 5.41) is 11.9. The van der Waals surface area contributed by atoms with Gasteiger partial charge >= 0.3 is 5.97 Å². The molecule has 0 aliphatic carbocycles. The lowest BCUT2D eigenvalue weighted by molar-refractivity contribution is -0.139. The van der Waals surface area contributed by atoms with Crippen molar-refractivity contribution in [2.75, 3.05) is 30.0 Å². The van der Waals surface area contributed by atoms with E-state index in [-0.39, 0.29) is 28.7 Å². The fourth-order valence-electron chi connectivity index (χ4n) is 3.25. The molecule has 0 saturated heterocycles. The van der Waals surface area contributed by atoms with E-state index in [1.165, 1.54) is 0 Å². The van der Waals surface area contributed by atoms with Crippen LogP contribution in [0, 0.1) is 0 Å². The summed E-state index contributed by atoms with van der Waals surface area (Å²) in [6.07, 6.45) is 3.24. The third-order valence-corrected chi connectivity index (χ3v) is 5.02. The van der Waals surface area contributed by atoms with Crippen molar-refractivity contribution in [3.8, 4) is 0 Å². The number of fused-ring (bicyclic) bond motifs is 1. The van der Waals surface area contributed by atoms with Crippen LogP contribution in [0.3, 0.4) is 0 Å². The van der Waals surface area contributed by atoms with Crippen LogP contribution < -0.4 is 27.4 Å². The van der Waals surface area contributed by atoms with Gasteiger partial charge in [-0.15, -0.1) is 17.0 Å². The highest BCUT2D eigenvalue weighted by Gasteiger charge is 2.20. The number of aromatic nitrogens is 4. The second-order valence-electron chi connectivity index (χ2n) is 7.55. The average Bonchev–Trinajstić information content (AvgIpc) is 2.78. The number of amides is 1. The lowest BCUT2D eigenvalue weighted by Crippen LogP contribution is -2.40. The standard InChI is InChI=1S/C21H27N9O3.BrH/c1-30(11-13-10-25-18-16(26-13)17(23)28-21(24)29-18)14-7-5-12(6-8-14)19(31)27-15(20(32)33)4-2-3-9-22;/h5-8,10,15H,2-4,9,11,22H2,1H3,(H,27,31)(H,32,33)(H4,23,24,25,28,29);1H. The van der Waals surface area contributed by atoms with Gasteiger partial charge in [-0.1, -0.05) is 0 Å². The van der Waals surface area contributed by atoms with E-state index in [1.807, 2.05) is 11.9 Å². The molecule has 3 aromatic rings. The number of halogens is 1. The molecular formula is C21H28BrN9O3. The van der Waals surface area contributed by atoms with Gasteiger partial charge in [0.2, 0.25) is 5.95 Å². The molecule has 8 N–H and O–H groups in total. The number of nitrogens with two attached hydrogens (primary N) is 3. The van der Waals surface area contributed by atoms with Crippen molar-refractivity contribution in [2.24, 2.45) is 5.73 Å². The predicted octanol–water partition coefficient (Wildman–Crippen LogP) is 1.11. The van der Waals surface area contributed by atoms with Crippen molar-refractivity contribution in [1.82, 2.24) is 25.3 Å². The summed E-state index contributed by atoms with van der Waals surface area (Å²) in [7, 11) is 1.86. The fourth-order valence-corrected chi connectivity index (χ4v) is 3.25. The molecule has 1 aromatic carbocycles. The number of nitrogens with zero attached hydrogens (tertiary/aromatic N) is 5. The van der Waals surface area contributed by atoms with Crippen molar-refractivity contribution in [2.45, 2.75) is 31.8 Å². The van der Waals surface area contributed by atoms with E-state index in [2.05, 4.69) is 25.3 Å². The summed E-state index contributed by atoms with van der Waals surface area (Å²) in [6.45, 7) is 0.899. The van der Waals surface area contributed by atoms with Crippen LogP contribution in [0.1, 0.15) is 35.3 Å². The monoisotopic (exact) mass is 533 g/mol. The lowest BCUT2D eigenvalue weighted by Gasteiger charge is -2.19. The highest BCUT2D eigenvalue weighted by molar-refractivity contribution is 8.93. The van der Waals surface area contributed by atoms with Gasteiger partial charge in [0.15, 0.2) is 17.0 Å². The molecule has 0 bridgehead atoms. The molecule has 2 aromatic heterocycles. The van der Waals surface area contributed by atoms with Crippen molar-refractivity contribution >= 4 is 57.5 Å². The zero-order chi connectivity index (χ0) is 24.0. The first-order valence-corrected chi connectivity index (χ1v) is 10.4. The van der Waals surface area contributed by atoms with E-state index in [0.717, 1.165) is 5.69 Å². The third kappa shape index (κ3) is 6.71. The Morgan fingerprint density at radius 3 is 2.47 bits per heavy atom. The predicted molar refractivity (Wildman–Crippen MR) is 135 cm³/mol. The summed E-state index contributed by atoms with van der Waals surface area (Å²) in [6, 6.07) is 5.86. The molecule has 1 atom stereocenters. The largest absolute Gasteiger partial charge is 0.480 e. The van der Waals surface area contributed by atoms with Gasteiger partial charge in [-0.05, 0) is 50.1 Å². The van der Waals surface area contributed by atoms with Crippen LogP contribution >= 0.6 is 17.0 Å². The van der Waals surface area contributed by atoms with Crippen LogP contribution in [0.2, 0.25) is 0 Å². The lowest BCUT2D eigenvalue weighted by atomic mass is 10.1. The number of carbonyl (C=O) groups excluding carboxylic acids is 1. The average molecular weight is 534 g/mol. The van der Waals surface area contributed by atoms with Crippen LogP contribution in [-0.4, -0.2) is 56.6 Å². The van der Waals surface area contributed by atoms with E-state index < -0.39 is 17.9 Å². The number of carboxylic acid groups (broad SMARTS) is 1. The van der Waals surface area contributed by atoms with Crippen LogP contribution in [-0.2, 0) is 11.3 Å². The molecule has 0 spiro atoms. The summed E-state index contributed by atoms with van der Waals surface area (Å²) in [5.41, 5.74) is 19.4. The van der Waals surface area contributed by atoms with Gasteiger partial charge in [0.05, 0.1) is 18.4 Å². The van der Waals surface area contributed by atoms with Gasteiger partial charge < -0.3 is 32.5 Å². The second-order valence-corrected chi connectivity index (χ2v) is 7.55. The first-order chi connectivity index (χ1) is 15.8. The molecule has 182 valence electrons. The van der Waals surface area contributed by atoms with Gasteiger partial charge in [0, 0.05) is 18.3 Å². The molecule has 2 heterocycles. The Kier molecular flexibility index (Phi) is 9.45. The third-order valence-electron chi connectivity index (χ3n) is 5.02. The Labute approximate surface area is 206 Å². The Bertz CT molecular complexity index is 1140. The molecule has 0 aliphatic rings. The van der Waals surface area contributed by atoms with Crippen molar-refractivity contribution in [3.63, 3.8) is 0 Å². The van der Waals surface area contributed by atoms with Gasteiger partial charge in [-0.2, -0.15) is 9.97 Å². The van der Waals surface area contributed by atoms with E-state index in [4.69, 9.17) is 17.2 Å². The molecular weight excluding hydrogens is 506 g/mol. The molecule has 1 amide bonds. The topological polar surface area (TPSA) is 199 Å². The number of hydrogen-bond acceptors (Lipinski definition) is 10. The van der Waals surface area contributed by atoms with Gasteiger partial charge in [0.1, 0.15) is 6.04 Å². The van der Waals surface area contributed by atoms with Crippen molar-refractivity contribution in [1.29, 1.82) is 0 Å². The number of unbranched alkanes of at least 4 members (excludes halogenated alkanes) is 1. The van der Waals surface area contributed by atoms with Crippen LogP contribution in [0.15, 0.2) is 30.5 Å². The zero-order valence-corrected chi connectivity index (χ0v) is 20.4. The van der Waals surface area contributed by atoms with E-state index >= 15 is 0 Å². The molecule has 12 nitrogen and oxygen atoms in total. The van der Waals surface area contributed by atoms with Gasteiger partial charge in [-0.25, -0.2) is 14.8 Å². The van der Waals surface area contributed by atoms with E-state index in [9.17, 15) is 14.7 Å². The molecule has 0 aliphatic heterocycles. The summed E-state index contributed by atoms with van der Waals surface area (Å²) in [4.78, 5) is 42.4. The minimum atomic E-state index is -1.07. The first kappa shape index (κ1) is 26.7. The Balaban J connectivity index is 0.00000408. The maximum Gasteiger partial charge on any atom is 0.326 e. The minimum absolute atomic E-state index is 0. The van der Waals surface area contributed by atoms with Crippen LogP contribution in [0.5, 0.6) is 0 Å². The highest BCUT2D eigenvalue weighted by atomic mass is 79.9. The van der Waals surface area contributed by atoms with Crippen molar-refractivity contribution < 1.29 is 14.7 Å². The van der Waals surface area contributed by atoms with Crippen molar-refractivity contribution in [3.05, 3.63) is 41.7 Å². The number of rotatable bonds is 10. The number of carboxylic acids is 1. The molecule has 0 saturated carbocycles. The number of carbonyl (C=O) groups is 2. The number of nitrogen functional groups attached to an aromatic ring is 2. The number of hydrogen-bond donors (Lipinski definition) is 5. The summed E-state index contributed by atoms with van der Waals surface area (Å²) < 4.78 is 0. The summed E-state index contributed by atoms with van der Waals surface area (Å²) in [5.74, 6) is -1.32. The number of benzene rings is 1. The molecule has 3 rings (SSSR count). The van der Waals surface area contributed by atoms with Crippen LogP contribution in [0.25, 0.3) is 11.2 Å². The highest BCUT2D eigenvalue weighted by Crippen LogP contribution is 2.19. The Morgan fingerprint density at radius 1 is 1.12 bits per heavy atom. The SMILES string of the molecule is Br.CN(Cc1cnc2nc(N)nc(N)c2n1)c1ccc(C(=O)NC(CCCCN)C(=O)O)cc1. The molecule has 34 heavy (non-hydrogen) atoms. The van der Waals surface area contributed by atoms with Gasteiger partial charge in [-0.3, -0.25) is 4.79 Å². The molecule has 1 unspecified atom stereocenters. The number of aliphatic carboxylic acids is 1. The Hall–Kier alpha value is -3.58. The maximum atomic E-state index is 12.5.